The number of hydrogen-bond acceptors (Lipinski definition) is 3. The summed E-state index contributed by atoms with van der Waals surface area (Å²) in [7, 11) is -1.40. The van der Waals surface area contributed by atoms with Crippen LogP contribution in [0.4, 0.5) is 0 Å². The van der Waals surface area contributed by atoms with Crippen molar-refractivity contribution < 1.29 is 19.5 Å². The number of carboxylic acids is 1. The van der Waals surface area contributed by atoms with Crippen molar-refractivity contribution in [2.45, 2.75) is 0 Å². The molecule has 0 bridgehead atoms. The molecule has 2 aromatic carbocycles. The monoisotopic (exact) mass is 440 g/mol. The van der Waals surface area contributed by atoms with E-state index in [9.17, 15) is 9.90 Å². The van der Waals surface area contributed by atoms with Gasteiger partial charge in [0.1, 0.15) is 13.6 Å². The molecule has 0 radical (unpaired) electrons. The van der Waals surface area contributed by atoms with E-state index in [1.54, 1.807) is 36.4 Å². The first kappa shape index (κ1) is 23.8. The maximum Gasteiger partial charge on any atom is 0.308 e. The molecule has 0 spiro atoms. The highest BCUT2D eigenvalue weighted by Gasteiger charge is 2.26. The van der Waals surface area contributed by atoms with Crippen molar-refractivity contribution in [2.24, 2.45) is 0 Å². The number of hydrogen-bond donors (Lipinski definition) is 1. The van der Waals surface area contributed by atoms with Crippen LogP contribution in [-0.2, 0) is 14.4 Å². The SMILES string of the molecule is C=O.C=O.O=C(O)CP(c1c(Cl)cccc1Cl)c1c(Cl)cccc1Cl. The van der Waals surface area contributed by atoms with Crippen LogP contribution in [-0.4, -0.2) is 30.8 Å². The average molecular weight is 442 g/mol. The molecule has 0 unspecified atom stereocenters. The van der Waals surface area contributed by atoms with Gasteiger partial charge in [-0.1, -0.05) is 58.5 Å². The zero-order chi connectivity index (χ0) is 19.6. The van der Waals surface area contributed by atoms with Crippen LogP contribution in [0.1, 0.15) is 0 Å². The van der Waals surface area contributed by atoms with E-state index in [0.717, 1.165) is 0 Å². The van der Waals surface area contributed by atoms with Gasteiger partial charge in [-0.3, -0.25) is 4.79 Å². The Morgan fingerprint density at radius 3 is 1.32 bits per heavy atom. The fourth-order valence-electron chi connectivity index (χ4n) is 1.90. The van der Waals surface area contributed by atoms with Crippen molar-refractivity contribution in [3.8, 4) is 0 Å². The van der Waals surface area contributed by atoms with Gasteiger partial charge in [0.2, 0.25) is 0 Å². The van der Waals surface area contributed by atoms with Crippen molar-refractivity contribution in [1.29, 1.82) is 0 Å². The Morgan fingerprint density at radius 1 is 0.800 bits per heavy atom. The molecule has 134 valence electrons. The molecule has 0 fully saturated rings. The third-order valence-electron chi connectivity index (χ3n) is 2.71. The third kappa shape index (κ3) is 6.58. The smallest absolute Gasteiger partial charge is 0.308 e. The molecule has 4 nitrogen and oxygen atoms in total. The summed E-state index contributed by atoms with van der Waals surface area (Å²) in [5.41, 5.74) is 0. The van der Waals surface area contributed by atoms with Crippen LogP contribution >= 0.6 is 54.3 Å². The van der Waals surface area contributed by atoms with Crippen LogP contribution in [0, 0.1) is 0 Å². The quantitative estimate of drug-likeness (QED) is 0.711. The van der Waals surface area contributed by atoms with E-state index < -0.39 is 13.9 Å². The van der Waals surface area contributed by atoms with Crippen LogP contribution in [0.5, 0.6) is 0 Å². The van der Waals surface area contributed by atoms with E-state index in [2.05, 4.69) is 0 Å². The highest BCUT2D eigenvalue weighted by atomic mass is 35.5. The first-order valence-electron chi connectivity index (χ1n) is 6.37. The Morgan fingerprint density at radius 2 is 1.08 bits per heavy atom. The van der Waals surface area contributed by atoms with Gasteiger partial charge in [0, 0.05) is 10.6 Å². The van der Waals surface area contributed by atoms with Crippen molar-refractivity contribution in [3.05, 3.63) is 56.5 Å². The summed E-state index contributed by atoms with van der Waals surface area (Å²) in [6.45, 7) is 4.00. The number of rotatable bonds is 4. The van der Waals surface area contributed by atoms with E-state index in [1.807, 2.05) is 13.6 Å². The van der Waals surface area contributed by atoms with E-state index in [-0.39, 0.29) is 6.16 Å². The number of aliphatic carboxylic acids is 1. The second-order valence-electron chi connectivity index (χ2n) is 4.12. The summed E-state index contributed by atoms with van der Waals surface area (Å²) in [5, 5.41) is 12.0. The molecule has 0 aliphatic heterocycles. The molecule has 0 saturated carbocycles. The second kappa shape index (κ2) is 12.2. The highest BCUT2D eigenvalue weighted by molar-refractivity contribution is 7.74. The van der Waals surface area contributed by atoms with Crippen LogP contribution in [0.3, 0.4) is 0 Å². The zero-order valence-corrected chi connectivity index (χ0v) is 16.6. The second-order valence-corrected chi connectivity index (χ2v) is 7.82. The van der Waals surface area contributed by atoms with Crippen LogP contribution in [0.2, 0.25) is 20.1 Å². The normalized spacial score (nSPS) is 9.48. The van der Waals surface area contributed by atoms with Gasteiger partial charge in [-0.25, -0.2) is 0 Å². The molecule has 9 heteroatoms. The van der Waals surface area contributed by atoms with Gasteiger partial charge in [-0.05, 0) is 32.2 Å². The van der Waals surface area contributed by atoms with Gasteiger partial charge in [0.15, 0.2) is 0 Å². The summed E-state index contributed by atoms with van der Waals surface area (Å²) in [6, 6.07) is 10.1. The van der Waals surface area contributed by atoms with Gasteiger partial charge in [0.25, 0.3) is 0 Å². The van der Waals surface area contributed by atoms with Crippen molar-refractivity contribution in [2.75, 3.05) is 6.16 Å². The average Bonchev–Trinajstić information content (AvgIpc) is 2.57. The van der Waals surface area contributed by atoms with E-state index >= 15 is 0 Å². The van der Waals surface area contributed by atoms with Gasteiger partial charge in [-0.2, -0.15) is 0 Å². The van der Waals surface area contributed by atoms with Crippen LogP contribution in [0.25, 0.3) is 0 Å². The van der Waals surface area contributed by atoms with Crippen LogP contribution in [0.15, 0.2) is 36.4 Å². The minimum Gasteiger partial charge on any atom is -0.481 e. The van der Waals surface area contributed by atoms with Crippen molar-refractivity contribution in [3.63, 3.8) is 0 Å². The largest absolute Gasteiger partial charge is 0.481 e. The number of carboxylic acid groups (broad SMARTS) is 1. The molecule has 0 aliphatic rings. The number of benzene rings is 2. The lowest BCUT2D eigenvalue weighted by Crippen LogP contribution is -2.21. The molecular weight excluding hydrogens is 429 g/mol. The van der Waals surface area contributed by atoms with Crippen molar-refractivity contribution >= 4 is 84.5 Å². The molecule has 0 saturated heterocycles. The van der Waals surface area contributed by atoms with Gasteiger partial charge < -0.3 is 14.7 Å². The van der Waals surface area contributed by atoms with E-state index in [1.165, 1.54) is 0 Å². The lowest BCUT2D eigenvalue weighted by Gasteiger charge is -2.21. The summed E-state index contributed by atoms with van der Waals surface area (Å²) in [5.74, 6) is -0.965. The standard InChI is InChI=1S/C14H9Cl4O2P.2CH2O/c15-8-3-1-4-9(16)13(8)21(7-12(19)20)14-10(17)5-2-6-11(14)18;2*1-2/h1-6H,7H2,(H,19,20);2*1H2. The minimum atomic E-state index is -1.40. The Kier molecular flexibility index (Phi) is 11.7. The molecule has 2 aromatic rings. The summed E-state index contributed by atoms with van der Waals surface area (Å²) in [6.07, 6.45) is -0.151. The highest BCUT2D eigenvalue weighted by Crippen LogP contribution is 2.43. The fraction of sp³-hybridized carbons (Fsp3) is 0.0625. The molecule has 2 rings (SSSR count). The maximum atomic E-state index is 11.2. The molecule has 0 heterocycles. The first-order chi connectivity index (χ1) is 11.9. The zero-order valence-electron chi connectivity index (χ0n) is 12.7. The Hall–Kier alpha value is -1.16. The topological polar surface area (TPSA) is 71.4 Å². The fourth-order valence-corrected chi connectivity index (χ4v) is 6.06. The number of halogens is 4. The molecular formula is C16H13Cl4O4P. The predicted molar refractivity (Wildman–Crippen MR) is 106 cm³/mol. The molecule has 0 aliphatic carbocycles. The summed E-state index contributed by atoms with van der Waals surface area (Å²) >= 11 is 24.9. The van der Waals surface area contributed by atoms with Crippen LogP contribution < -0.4 is 10.6 Å². The summed E-state index contributed by atoms with van der Waals surface area (Å²) < 4.78 is 0. The minimum absolute atomic E-state index is 0.151. The molecule has 0 aromatic heterocycles. The van der Waals surface area contributed by atoms with Gasteiger partial charge in [-0.15, -0.1) is 0 Å². The number of carbonyl (C=O) groups excluding carboxylic acids is 2. The maximum absolute atomic E-state index is 11.2. The third-order valence-corrected chi connectivity index (χ3v) is 7.13. The number of carbonyl (C=O) groups is 3. The molecule has 1 N–H and O–H groups in total. The van der Waals surface area contributed by atoms with Crippen molar-refractivity contribution in [1.82, 2.24) is 0 Å². The Bertz CT molecular complexity index is 633. The first-order valence-corrected chi connectivity index (χ1v) is 9.40. The van der Waals surface area contributed by atoms with E-state index in [4.69, 9.17) is 56.0 Å². The van der Waals surface area contributed by atoms with Gasteiger partial charge in [0.05, 0.1) is 26.3 Å². The molecule has 0 atom stereocenters. The van der Waals surface area contributed by atoms with E-state index in [0.29, 0.717) is 30.7 Å². The predicted octanol–water partition coefficient (Wildman–Crippen LogP) is 4.45. The Labute approximate surface area is 166 Å². The lowest BCUT2D eigenvalue weighted by molar-refractivity contribution is -0.134. The van der Waals surface area contributed by atoms with Gasteiger partial charge >= 0.3 is 5.97 Å². The lowest BCUT2D eigenvalue weighted by atomic mass is 10.3. The Balaban J connectivity index is 0.00000134. The summed E-state index contributed by atoms with van der Waals surface area (Å²) in [4.78, 5) is 27.2. The molecule has 0 amide bonds. The molecule has 25 heavy (non-hydrogen) atoms.